The fraction of sp³-hybridized carbons (Fsp3) is 0.0833. The molecule has 0 aromatic carbocycles. The molecule has 0 amide bonds. The van der Waals surface area contributed by atoms with Gasteiger partial charge in [-0.3, -0.25) is 0 Å². The molecule has 0 saturated heterocycles. The number of carbonyl (C=O) groups is 1. The lowest BCUT2D eigenvalue weighted by Gasteiger charge is -2.03. The summed E-state index contributed by atoms with van der Waals surface area (Å²) in [5, 5.41) is 20.8. The van der Waals surface area contributed by atoms with E-state index < -0.39 is 5.97 Å². The Morgan fingerprint density at radius 1 is 1.26 bits per heavy atom. The van der Waals surface area contributed by atoms with Gasteiger partial charge in [0.2, 0.25) is 0 Å². The van der Waals surface area contributed by atoms with Gasteiger partial charge in [0.15, 0.2) is 5.69 Å². The predicted octanol–water partition coefficient (Wildman–Crippen LogP) is 2.81. The molecule has 0 saturated carbocycles. The van der Waals surface area contributed by atoms with E-state index in [0.717, 1.165) is 9.75 Å². The Kier molecular flexibility index (Phi) is 3.14. The normalized spacial score (nSPS) is 10.7. The molecule has 3 rings (SSSR count). The number of carboxylic acid groups (broad SMARTS) is 1. The van der Waals surface area contributed by atoms with Crippen molar-refractivity contribution in [3.8, 4) is 10.6 Å². The minimum atomic E-state index is -1.05. The number of hydrogen-bond donors (Lipinski definition) is 1. The van der Waals surface area contributed by atoms with E-state index in [1.54, 1.807) is 16.0 Å². The van der Waals surface area contributed by atoms with Crippen molar-refractivity contribution in [2.75, 3.05) is 0 Å². The first kappa shape index (κ1) is 12.1. The number of aromatic nitrogens is 3. The predicted molar refractivity (Wildman–Crippen MR) is 73.7 cm³/mol. The van der Waals surface area contributed by atoms with Gasteiger partial charge in [-0.1, -0.05) is 17.3 Å². The summed E-state index contributed by atoms with van der Waals surface area (Å²) in [7, 11) is 0. The Hall–Kier alpha value is -1.99. The van der Waals surface area contributed by atoms with Gasteiger partial charge in [-0.25, -0.2) is 9.48 Å². The molecule has 5 nitrogen and oxygen atoms in total. The van der Waals surface area contributed by atoms with Gasteiger partial charge >= 0.3 is 5.97 Å². The number of rotatable bonds is 4. The van der Waals surface area contributed by atoms with E-state index in [-0.39, 0.29) is 5.69 Å². The van der Waals surface area contributed by atoms with Gasteiger partial charge in [-0.15, -0.1) is 27.8 Å². The highest BCUT2D eigenvalue weighted by atomic mass is 32.1. The minimum absolute atomic E-state index is 0.000920. The maximum absolute atomic E-state index is 11.2. The van der Waals surface area contributed by atoms with E-state index in [4.69, 9.17) is 0 Å². The molecule has 19 heavy (non-hydrogen) atoms. The summed E-state index contributed by atoms with van der Waals surface area (Å²) in [6.45, 7) is 0.533. The number of thiophene rings is 2. The summed E-state index contributed by atoms with van der Waals surface area (Å²) in [4.78, 5) is 13.2. The van der Waals surface area contributed by atoms with Gasteiger partial charge in [0, 0.05) is 4.88 Å². The third kappa shape index (κ3) is 2.29. The van der Waals surface area contributed by atoms with E-state index in [9.17, 15) is 9.90 Å². The molecule has 0 radical (unpaired) electrons. The molecular weight excluding hydrogens is 282 g/mol. The lowest BCUT2D eigenvalue weighted by molar-refractivity contribution is 0.0691. The molecular formula is C12H9N3O2S2. The molecule has 3 aromatic rings. The van der Waals surface area contributed by atoms with Crippen LogP contribution >= 0.6 is 22.7 Å². The quantitative estimate of drug-likeness (QED) is 0.802. The van der Waals surface area contributed by atoms with Gasteiger partial charge in [-0.05, 0) is 22.9 Å². The average molecular weight is 291 g/mol. The number of aromatic carboxylic acids is 1. The van der Waals surface area contributed by atoms with Crippen molar-refractivity contribution in [1.82, 2.24) is 15.0 Å². The first-order valence-electron chi connectivity index (χ1n) is 5.49. The summed E-state index contributed by atoms with van der Waals surface area (Å²) in [5.74, 6) is -1.05. The van der Waals surface area contributed by atoms with Crippen molar-refractivity contribution in [1.29, 1.82) is 0 Å². The Balaban J connectivity index is 2.07. The molecule has 0 spiro atoms. The van der Waals surface area contributed by atoms with Crippen LogP contribution in [0, 0.1) is 0 Å². The highest BCUT2D eigenvalue weighted by molar-refractivity contribution is 7.13. The Bertz CT molecular complexity index is 687. The lowest BCUT2D eigenvalue weighted by atomic mass is 10.2. The molecule has 1 N–H and O–H groups in total. The summed E-state index contributed by atoms with van der Waals surface area (Å²) >= 11 is 3.09. The Morgan fingerprint density at radius 2 is 2.05 bits per heavy atom. The molecule has 0 bridgehead atoms. The van der Waals surface area contributed by atoms with Crippen molar-refractivity contribution >= 4 is 28.6 Å². The zero-order valence-electron chi connectivity index (χ0n) is 9.68. The van der Waals surface area contributed by atoms with E-state index in [2.05, 4.69) is 10.3 Å². The monoisotopic (exact) mass is 291 g/mol. The molecule has 96 valence electrons. The minimum Gasteiger partial charge on any atom is -0.476 e. The van der Waals surface area contributed by atoms with Crippen LogP contribution in [0.15, 0.2) is 35.0 Å². The van der Waals surface area contributed by atoms with Crippen LogP contribution in [-0.2, 0) is 6.54 Å². The van der Waals surface area contributed by atoms with Gasteiger partial charge < -0.3 is 5.11 Å². The number of hydrogen-bond acceptors (Lipinski definition) is 5. The SMILES string of the molecule is O=C(O)c1nnn(Cc2cccs2)c1-c1cccs1. The number of carboxylic acids is 1. The van der Waals surface area contributed by atoms with Gasteiger partial charge in [0.1, 0.15) is 5.69 Å². The maximum atomic E-state index is 11.2. The molecule has 0 aliphatic heterocycles. The first-order chi connectivity index (χ1) is 9.25. The standard InChI is InChI=1S/C12H9N3O2S2/c16-12(17)10-11(9-4-2-6-19-9)15(14-13-10)7-8-3-1-5-18-8/h1-6H,7H2,(H,16,17). The molecule has 0 fully saturated rings. The van der Waals surface area contributed by atoms with Crippen LogP contribution in [-0.4, -0.2) is 26.1 Å². The average Bonchev–Trinajstić information content (AvgIpc) is 3.09. The second-order valence-electron chi connectivity index (χ2n) is 3.81. The molecule has 3 heterocycles. The van der Waals surface area contributed by atoms with Gasteiger partial charge in [-0.2, -0.15) is 0 Å². The highest BCUT2D eigenvalue weighted by Gasteiger charge is 2.21. The Morgan fingerprint density at radius 3 is 2.68 bits per heavy atom. The van der Waals surface area contributed by atoms with Crippen LogP contribution in [0.4, 0.5) is 0 Å². The van der Waals surface area contributed by atoms with Crippen molar-refractivity contribution in [3.63, 3.8) is 0 Å². The van der Waals surface area contributed by atoms with Crippen molar-refractivity contribution < 1.29 is 9.90 Å². The van der Waals surface area contributed by atoms with Gasteiger partial charge in [0.25, 0.3) is 0 Å². The van der Waals surface area contributed by atoms with E-state index in [1.807, 2.05) is 35.0 Å². The fourth-order valence-electron chi connectivity index (χ4n) is 1.78. The second kappa shape index (κ2) is 4.94. The zero-order chi connectivity index (χ0) is 13.2. The van der Waals surface area contributed by atoms with Crippen molar-refractivity contribution in [2.45, 2.75) is 6.54 Å². The number of nitrogens with zero attached hydrogens (tertiary/aromatic N) is 3. The van der Waals surface area contributed by atoms with Crippen molar-refractivity contribution in [2.24, 2.45) is 0 Å². The Labute approximate surface area is 116 Å². The summed E-state index contributed by atoms with van der Waals surface area (Å²) < 4.78 is 1.64. The van der Waals surface area contributed by atoms with E-state index in [0.29, 0.717) is 12.2 Å². The summed E-state index contributed by atoms with van der Waals surface area (Å²) in [6, 6.07) is 7.71. The van der Waals surface area contributed by atoms with Crippen molar-refractivity contribution in [3.05, 3.63) is 45.6 Å². The smallest absolute Gasteiger partial charge is 0.358 e. The van der Waals surface area contributed by atoms with Crippen LogP contribution < -0.4 is 0 Å². The zero-order valence-corrected chi connectivity index (χ0v) is 11.3. The highest BCUT2D eigenvalue weighted by Crippen LogP contribution is 2.28. The maximum Gasteiger partial charge on any atom is 0.358 e. The van der Waals surface area contributed by atoms with Crippen LogP contribution in [0.2, 0.25) is 0 Å². The van der Waals surface area contributed by atoms with E-state index >= 15 is 0 Å². The fourth-order valence-corrected chi connectivity index (χ4v) is 3.24. The van der Waals surface area contributed by atoms with Gasteiger partial charge in [0.05, 0.1) is 11.4 Å². The van der Waals surface area contributed by atoms with Crippen LogP contribution in [0.3, 0.4) is 0 Å². The largest absolute Gasteiger partial charge is 0.476 e. The third-order valence-corrected chi connectivity index (χ3v) is 4.32. The molecule has 7 heteroatoms. The lowest BCUT2D eigenvalue weighted by Crippen LogP contribution is -2.04. The molecule has 3 aromatic heterocycles. The molecule has 0 unspecified atom stereocenters. The van der Waals surface area contributed by atoms with Crippen LogP contribution in [0.1, 0.15) is 15.4 Å². The summed E-state index contributed by atoms with van der Waals surface area (Å²) in [6.07, 6.45) is 0. The molecule has 0 aliphatic carbocycles. The van der Waals surface area contributed by atoms with Crippen LogP contribution in [0.25, 0.3) is 10.6 Å². The molecule has 0 aliphatic rings. The topological polar surface area (TPSA) is 68.0 Å². The second-order valence-corrected chi connectivity index (χ2v) is 5.79. The summed E-state index contributed by atoms with van der Waals surface area (Å²) in [5.41, 5.74) is 0.565. The third-order valence-electron chi connectivity index (χ3n) is 2.58. The molecule has 0 atom stereocenters. The van der Waals surface area contributed by atoms with E-state index in [1.165, 1.54) is 11.3 Å². The van der Waals surface area contributed by atoms with Crippen LogP contribution in [0.5, 0.6) is 0 Å². The first-order valence-corrected chi connectivity index (χ1v) is 7.24.